The van der Waals surface area contributed by atoms with Crippen LogP contribution in [0.1, 0.15) is 0 Å². The quantitative estimate of drug-likeness (QED) is 0.175. The molecule has 8 aromatic carbocycles. The summed E-state index contributed by atoms with van der Waals surface area (Å²) in [6.07, 6.45) is 3.86. The van der Waals surface area contributed by atoms with Crippen molar-refractivity contribution in [2.24, 2.45) is 0 Å². The molecular weight excluding hydrogens is 655 g/mol. The summed E-state index contributed by atoms with van der Waals surface area (Å²) in [7, 11) is 0. The van der Waals surface area contributed by atoms with Gasteiger partial charge in [-0.15, -0.1) is 0 Å². The Morgan fingerprint density at radius 3 is 1.61 bits per heavy atom. The van der Waals surface area contributed by atoms with Crippen molar-refractivity contribution < 1.29 is 0 Å². The van der Waals surface area contributed by atoms with Crippen LogP contribution < -0.4 is 0 Å². The number of aromatic nitrogens is 3. The predicted octanol–water partition coefficient (Wildman–Crippen LogP) is 13.3. The van der Waals surface area contributed by atoms with Crippen LogP contribution in [0.4, 0.5) is 0 Å². The van der Waals surface area contributed by atoms with Gasteiger partial charge in [0.2, 0.25) is 0 Å². The minimum atomic E-state index is 0.686. The molecule has 252 valence electrons. The van der Waals surface area contributed by atoms with Gasteiger partial charge in [-0.05, 0) is 72.9 Å². The van der Waals surface area contributed by atoms with Crippen molar-refractivity contribution in [3.63, 3.8) is 0 Å². The van der Waals surface area contributed by atoms with E-state index in [0.29, 0.717) is 5.82 Å². The summed E-state index contributed by atoms with van der Waals surface area (Å²) in [5.74, 6) is 0.686. The molecule has 2 aromatic heterocycles. The van der Waals surface area contributed by atoms with E-state index in [4.69, 9.17) is 9.97 Å². The van der Waals surface area contributed by atoms with Crippen molar-refractivity contribution in [2.45, 2.75) is 0 Å². The number of pyridine rings is 1. The largest absolute Gasteiger partial charge is 0.263 e. The fraction of sp³-hybridized carbons (Fsp3) is 0. The van der Waals surface area contributed by atoms with E-state index in [1.807, 2.05) is 12.4 Å². The van der Waals surface area contributed by atoms with E-state index in [1.54, 1.807) is 0 Å². The maximum atomic E-state index is 5.22. The third kappa shape index (κ3) is 5.88. The van der Waals surface area contributed by atoms with Crippen LogP contribution in [-0.4, -0.2) is 15.0 Å². The molecule has 0 N–H and O–H groups in total. The van der Waals surface area contributed by atoms with Crippen molar-refractivity contribution >= 4 is 32.3 Å². The molecule has 0 aliphatic carbocycles. The van der Waals surface area contributed by atoms with Crippen LogP contribution in [0.25, 0.3) is 99.6 Å². The summed E-state index contributed by atoms with van der Waals surface area (Å²) in [6.45, 7) is 0. The lowest BCUT2D eigenvalue weighted by molar-refractivity contribution is 1.18. The summed E-state index contributed by atoms with van der Waals surface area (Å²) in [4.78, 5) is 14.9. The molecule has 2 heterocycles. The van der Waals surface area contributed by atoms with Crippen molar-refractivity contribution in [1.82, 2.24) is 15.0 Å². The van der Waals surface area contributed by atoms with Gasteiger partial charge in [-0.1, -0.05) is 170 Å². The molecule has 0 fully saturated rings. The molecule has 10 aromatic rings. The molecule has 0 saturated carbocycles. The number of benzene rings is 8. The van der Waals surface area contributed by atoms with Crippen molar-refractivity contribution in [3.8, 4) is 67.3 Å². The molecule has 0 atom stereocenters. The fourth-order valence-corrected chi connectivity index (χ4v) is 7.54. The number of hydrogen-bond acceptors (Lipinski definition) is 3. The Bertz CT molecular complexity index is 2830. The van der Waals surface area contributed by atoms with E-state index >= 15 is 0 Å². The Labute approximate surface area is 313 Å². The van der Waals surface area contributed by atoms with E-state index in [-0.39, 0.29) is 0 Å². The molecule has 0 radical (unpaired) electrons. The second kappa shape index (κ2) is 13.4. The number of hydrogen-bond donors (Lipinski definition) is 0. The van der Waals surface area contributed by atoms with Gasteiger partial charge in [0.25, 0.3) is 0 Å². The Hall–Kier alpha value is -7.23. The van der Waals surface area contributed by atoms with Gasteiger partial charge in [0.05, 0.1) is 11.4 Å². The first-order valence-corrected chi connectivity index (χ1v) is 18.2. The third-order valence-electron chi connectivity index (χ3n) is 10.4. The average Bonchev–Trinajstić information content (AvgIpc) is 3.26. The Morgan fingerprint density at radius 2 is 0.815 bits per heavy atom. The summed E-state index contributed by atoms with van der Waals surface area (Å²) in [5, 5.41) is 7.24. The van der Waals surface area contributed by atoms with Gasteiger partial charge in [0, 0.05) is 40.0 Å². The zero-order valence-electron chi connectivity index (χ0n) is 29.4. The molecule has 54 heavy (non-hydrogen) atoms. The Kier molecular flexibility index (Phi) is 7.81. The van der Waals surface area contributed by atoms with Crippen LogP contribution in [0, 0.1) is 0 Å². The molecule has 0 aliphatic rings. The van der Waals surface area contributed by atoms with Crippen LogP contribution in [0.15, 0.2) is 200 Å². The summed E-state index contributed by atoms with van der Waals surface area (Å²) in [6, 6.07) is 66.6. The third-order valence-corrected chi connectivity index (χ3v) is 10.4. The van der Waals surface area contributed by atoms with Crippen LogP contribution in [0.2, 0.25) is 0 Å². The first-order chi connectivity index (χ1) is 26.7. The maximum Gasteiger partial charge on any atom is 0.160 e. The van der Waals surface area contributed by atoms with Crippen molar-refractivity contribution in [1.29, 1.82) is 0 Å². The highest BCUT2D eigenvalue weighted by molar-refractivity contribution is 5.97. The molecule has 0 amide bonds. The van der Waals surface area contributed by atoms with Gasteiger partial charge in [-0.2, -0.15) is 0 Å². The fourth-order valence-electron chi connectivity index (χ4n) is 7.54. The molecule has 0 spiro atoms. The number of rotatable bonds is 6. The monoisotopic (exact) mass is 687 g/mol. The molecule has 3 nitrogen and oxygen atoms in total. The van der Waals surface area contributed by atoms with Crippen LogP contribution in [0.3, 0.4) is 0 Å². The van der Waals surface area contributed by atoms with Gasteiger partial charge in [0.1, 0.15) is 0 Å². The minimum Gasteiger partial charge on any atom is -0.263 e. The van der Waals surface area contributed by atoms with Crippen molar-refractivity contribution in [3.05, 3.63) is 200 Å². The molecule has 0 saturated heterocycles. The molecule has 0 unspecified atom stereocenters. The molecular formula is C51H33N3. The number of nitrogens with zero attached hydrogens (tertiary/aromatic N) is 3. The first-order valence-electron chi connectivity index (χ1n) is 18.2. The van der Waals surface area contributed by atoms with E-state index in [1.165, 1.54) is 38.1 Å². The van der Waals surface area contributed by atoms with E-state index < -0.39 is 0 Å². The van der Waals surface area contributed by atoms with Gasteiger partial charge in [0.15, 0.2) is 5.82 Å². The molecule has 0 bridgehead atoms. The van der Waals surface area contributed by atoms with E-state index in [9.17, 15) is 0 Å². The van der Waals surface area contributed by atoms with E-state index in [2.05, 4.69) is 193 Å². The lowest BCUT2D eigenvalue weighted by Crippen LogP contribution is -1.96. The van der Waals surface area contributed by atoms with Gasteiger partial charge in [-0.3, -0.25) is 4.98 Å². The lowest BCUT2D eigenvalue weighted by Gasteiger charge is -2.12. The van der Waals surface area contributed by atoms with Crippen molar-refractivity contribution in [2.75, 3.05) is 0 Å². The van der Waals surface area contributed by atoms with Crippen LogP contribution >= 0.6 is 0 Å². The average molecular weight is 688 g/mol. The highest BCUT2D eigenvalue weighted by Gasteiger charge is 2.14. The topological polar surface area (TPSA) is 38.7 Å². The first kappa shape index (κ1) is 31.5. The van der Waals surface area contributed by atoms with Gasteiger partial charge >= 0.3 is 0 Å². The SMILES string of the molecule is c1cc(-c2ccc3ccccc3c2)cc(-c2cc(-c3ccc(-c4cncc5ccccc45)cc3)nc(-c3ccc(-c4cccc5ccccc45)cc3)n2)c1. The highest BCUT2D eigenvalue weighted by atomic mass is 14.9. The molecule has 10 rings (SSSR count). The summed E-state index contributed by atoms with van der Waals surface area (Å²) < 4.78 is 0. The lowest BCUT2D eigenvalue weighted by atomic mass is 9.97. The smallest absolute Gasteiger partial charge is 0.160 e. The Morgan fingerprint density at radius 1 is 0.278 bits per heavy atom. The van der Waals surface area contributed by atoms with Gasteiger partial charge in [-0.25, -0.2) is 9.97 Å². The minimum absolute atomic E-state index is 0.686. The standard InChI is InChI=1S/C51H33N3/c1-2-11-40-29-42(28-19-34(40)9-1)41-14-7-15-43(30-41)50-31-49(38-24-20-37(21-25-38)48-33-52-32-44-12-4-6-17-47(44)48)53-51(54-50)39-26-22-36(23-27-39)46-18-8-13-35-10-3-5-16-45(35)46/h1-33H. The van der Waals surface area contributed by atoms with Crippen LogP contribution in [-0.2, 0) is 0 Å². The second-order valence-corrected chi connectivity index (χ2v) is 13.7. The predicted molar refractivity (Wildman–Crippen MR) is 225 cm³/mol. The Balaban J connectivity index is 1.07. The maximum absolute atomic E-state index is 5.22. The zero-order chi connectivity index (χ0) is 35.8. The normalized spacial score (nSPS) is 11.3. The summed E-state index contributed by atoms with van der Waals surface area (Å²) in [5.41, 5.74) is 11.7. The second-order valence-electron chi connectivity index (χ2n) is 13.7. The molecule has 3 heteroatoms. The summed E-state index contributed by atoms with van der Waals surface area (Å²) >= 11 is 0. The van der Waals surface area contributed by atoms with Crippen LogP contribution in [0.5, 0.6) is 0 Å². The van der Waals surface area contributed by atoms with Gasteiger partial charge < -0.3 is 0 Å². The highest BCUT2D eigenvalue weighted by Crippen LogP contribution is 2.35. The molecule has 0 aliphatic heterocycles. The zero-order valence-corrected chi connectivity index (χ0v) is 29.4. The number of fused-ring (bicyclic) bond motifs is 3. The van der Waals surface area contributed by atoms with E-state index in [0.717, 1.165) is 55.7 Å².